The molecule has 4 heterocycles. The number of hydrogen-bond acceptors (Lipinski definition) is 4. The maximum absolute atomic E-state index is 12.8. The van der Waals surface area contributed by atoms with Crippen LogP contribution >= 0.6 is 11.6 Å². The maximum atomic E-state index is 12.8. The fourth-order valence-electron chi connectivity index (χ4n) is 4.52. The van der Waals surface area contributed by atoms with E-state index in [0.717, 1.165) is 35.9 Å². The zero-order valence-electron chi connectivity index (χ0n) is 15.0. The van der Waals surface area contributed by atoms with Crippen LogP contribution in [-0.4, -0.2) is 38.3 Å². The molecule has 140 valence electrons. The minimum absolute atomic E-state index is 0.00490. The Morgan fingerprint density at radius 1 is 1.25 bits per heavy atom. The molecule has 1 amide bonds. The molecule has 0 unspecified atom stereocenters. The Kier molecular flexibility index (Phi) is 3.99. The molecule has 2 aliphatic rings. The van der Waals surface area contributed by atoms with E-state index in [-0.39, 0.29) is 24.0 Å². The van der Waals surface area contributed by atoms with Crippen molar-refractivity contribution in [2.75, 3.05) is 0 Å². The Labute approximate surface area is 167 Å². The molecule has 0 radical (unpaired) electrons. The lowest BCUT2D eigenvalue weighted by molar-refractivity contribution is 0.0928. The van der Waals surface area contributed by atoms with E-state index in [1.54, 1.807) is 18.6 Å². The highest BCUT2D eigenvalue weighted by atomic mass is 35.5. The molecule has 28 heavy (non-hydrogen) atoms. The van der Waals surface area contributed by atoms with Gasteiger partial charge in [0.15, 0.2) is 6.19 Å². The molecule has 3 atom stereocenters. The Morgan fingerprint density at radius 2 is 2.11 bits per heavy atom. The van der Waals surface area contributed by atoms with Crippen LogP contribution in [-0.2, 0) is 0 Å². The quantitative estimate of drug-likeness (QED) is 0.694. The largest absolute Gasteiger partial charge is 0.347 e. The molecule has 0 saturated carbocycles. The van der Waals surface area contributed by atoms with Crippen molar-refractivity contribution in [2.24, 2.45) is 0 Å². The zero-order valence-corrected chi connectivity index (χ0v) is 15.8. The lowest BCUT2D eigenvalue weighted by Gasteiger charge is -2.22. The number of pyridine rings is 1. The first-order valence-corrected chi connectivity index (χ1v) is 9.72. The monoisotopic (exact) mass is 391 g/mol. The zero-order chi connectivity index (χ0) is 19.3. The van der Waals surface area contributed by atoms with Crippen LogP contribution < -0.4 is 5.32 Å². The van der Waals surface area contributed by atoms with Gasteiger partial charge >= 0.3 is 0 Å². The normalized spacial score (nSPS) is 23.1. The van der Waals surface area contributed by atoms with Crippen molar-refractivity contribution < 1.29 is 4.79 Å². The van der Waals surface area contributed by atoms with Crippen molar-refractivity contribution in [2.45, 2.75) is 37.4 Å². The maximum Gasteiger partial charge on any atom is 0.253 e. The van der Waals surface area contributed by atoms with Crippen molar-refractivity contribution in [1.29, 1.82) is 5.26 Å². The van der Waals surface area contributed by atoms with Crippen LogP contribution in [0.3, 0.4) is 0 Å². The SMILES string of the molecule is N#CN1[C@H]2CC[C@@H]1[C@H](NC(=O)c1ccc(-c3ccc4cncn4c3)cc1Cl)C2. The molecule has 1 aromatic carbocycles. The first-order valence-electron chi connectivity index (χ1n) is 9.34. The summed E-state index contributed by atoms with van der Waals surface area (Å²) in [6, 6.07) is 9.86. The number of aromatic nitrogens is 2. The van der Waals surface area contributed by atoms with Crippen LogP contribution in [0.15, 0.2) is 49.1 Å². The molecular weight excluding hydrogens is 374 g/mol. The third-order valence-electron chi connectivity index (χ3n) is 5.92. The average Bonchev–Trinajstić information content (AvgIpc) is 3.40. The Morgan fingerprint density at radius 3 is 2.89 bits per heavy atom. The molecule has 0 spiro atoms. The summed E-state index contributed by atoms with van der Waals surface area (Å²) in [5.41, 5.74) is 3.41. The van der Waals surface area contributed by atoms with Crippen molar-refractivity contribution in [1.82, 2.24) is 19.6 Å². The van der Waals surface area contributed by atoms with E-state index in [1.165, 1.54) is 0 Å². The lowest BCUT2D eigenvalue weighted by Crippen LogP contribution is -2.43. The van der Waals surface area contributed by atoms with E-state index in [0.29, 0.717) is 10.6 Å². The predicted molar refractivity (Wildman–Crippen MR) is 106 cm³/mol. The van der Waals surface area contributed by atoms with E-state index < -0.39 is 0 Å². The molecule has 2 bridgehead atoms. The summed E-state index contributed by atoms with van der Waals surface area (Å²) in [5, 5.41) is 12.8. The number of nitrogens with zero attached hydrogens (tertiary/aromatic N) is 4. The minimum Gasteiger partial charge on any atom is -0.347 e. The van der Waals surface area contributed by atoms with Gasteiger partial charge in [-0.2, -0.15) is 5.26 Å². The minimum atomic E-state index is -0.183. The van der Waals surface area contributed by atoms with Crippen LogP contribution in [0.4, 0.5) is 0 Å². The fourth-order valence-corrected chi connectivity index (χ4v) is 4.78. The van der Waals surface area contributed by atoms with Gasteiger partial charge < -0.3 is 14.6 Å². The number of benzene rings is 1. The summed E-state index contributed by atoms with van der Waals surface area (Å²) < 4.78 is 1.94. The van der Waals surface area contributed by atoms with Gasteiger partial charge in [0.05, 0.1) is 40.7 Å². The molecule has 3 aromatic rings. The molecule has 7 heteroatoms. The second kappa shape index (κ2) is 6.54. The second-order valence-electron chi connectivity index (χ2n) is 7.46. The van der Waals surface area contributed by atoms with E-state index in [4.69, 9.17) is 11.6 Å². The summed E-state index contributed by atoms with van der Waals surface area (Å²) in [5.74, 6) is -0.183. The average molecular weight is 392 g/mol. The van der Waals surface area contributed by atoms with Crippen molar-refractivity contribution >= 4 is 23.0 Å². The number of fused-ring (bicyclic) bond motifs is 3. The van der Waals surface area contributed by atoms with Gasteiger partial charge in [-0.3, -0.25) is 4.79 Å². The molecular formula is C21H18ClN5O. The van der Waals surface area contributed by atoms with Gasteiger partial charge in [0, 0.05) is 12.2 Å². The first kappa shape index (κ1) is 17.1. The van der Waals surface area contributed by atoms with Crippen LogP contribution in [0.2, 0.25) is 5.02 Å². The highest BCUT2D eigenvalue weighted by Crippen LogP contribution is 2.37. The molecule has 1 N–H and O–H groups in total. The molecule has 2 aliphatic heterocycles. The number of imidazole rings is 1. The van der Waals surface area contributed by atoms with Gasteiger partial charge in [-0.15, -0.1) is 0 Å². The Balaban J connectivity index is 1.36. The second-order valence-corrected chi connectivity index (χ2v) is 7.87. The number of rotatable bonds is 3. The van der Waals surface area contributed by atoms with Crippen molar-refractivity contribution in [3.8, 4) is 17.3 Å². The summed E-state index contributed by atoms with van der Waals surface area (Å²) in [6.45, 7) is 0. The molecule has 5 rings (SSSR count). The summed E-state index contributed by atoms with van der Waals surface area (Å²) in [6.07, 6.45) is 10.6. The molecule has 2 aromatic heterocycles. The predicted octanol–water partition coefficient (Wildman–Crippen LogP) is 3.47. The fraction of sp³-hybridized carbons (Fsp3) is 0.286. The number of nitrogens with one attached hydrogen (secondary N) is 1. The van der Waals surface area contributed by atoms with Crippen LogP contribution in [0.5, 0.6) is 0 Å². The molecule has 6 nitrogen and oxygen atoms in total. The number of nitriles is 1. The third-order valence-corrected chi connectivity index (χ3v) is 6.24. The Bertz CT molecular complexity index is 1120. The van der Waals surface area contributed by atoms with E-state index >= 15 is 0 Å². The van der Waals surface area contributed by atoms with Gasteiger partial charge in [-0.1, -0.05) is 23.7 Å². The van der Waals surface area contributed by atoms with Crippen LogP contribution in [0.1, 0.15) is 29.6 Å². The number of hydrogen-bond donors (Lipinski definition) is 1. The van der Waals surface area contributed by atoms with Crippen molar-refractivity contribution in [3.05, 3.63) is 59.6 Å². The topological polar surface area (TPSA) is 73.4 Å². The number of carbonyl (C=O) groups excluding carboxylic acids is 1. The Hall–Kier alpha value is -3.04. The van der Waals surface area contributed by atoms with Gasteiger partial charge in [-0.25, -0.2) is 4.98 Å². The van der Waals surface area contributed by atoms with Crippen molar-refractivity contribution in [3.63, 3.8) is 0 Å². The number of carbonyl (C=O) groups is 1. The van der Waals surface area contributed by atoms with Crippen LogP contribution in [0, 0.1) is 11.5 Å². The van der Waals surface area contributed by atoms with Crippen LogP contribution in [0.25, 0.3) is 16.6 Å². The molecule has 2 fully saturated rings. The van der Waals surface area contributed by atoms with E-state index in [1.807, 2.05) is 39.8 Å². The molecule has 0 aliphatic carbocycles. The van der Waals surface area contributed by atoms with Gasteiger partial charge in [-0.05, 0) is 48.6 Å². The van der Waals surface area contributed by atoms with Gasteiger partial charge in [0.1, 0.15) is 0 Å². The highest BCUT2D eigenvalue weighted by molar-refractivity contribution is 6.34. The molecule has 2 saturated heterocycles. The standard InChI is InChI=1S/C21H18ClN5O/c22-18-7-13(14-1-3-16-9-24-12-26(16)10-14)2-5-17(18)21(28)25-19-8-15-4-6-20(19)27(15)11-23/h1-3,5,7,9-10,12,15,19-20H,4,6,8H2,(H,25,28)/t15-,19+,20+/m0/s1. The first-order chi connectivity index (χ1) is 13.6. The summed E-state index contributed by atoms with van der Waals surface area (Å²) >= 11 is 6.45. The smallest absolute Gasteiger partial charge is 0.253 e. The summed E-state index contributed by atoms with van der Waals surface area (Å²) in [4.78, 5) is 18.7. The summed E-state index contributed by atoms with van der Waals surface area (Å²) in [7, 11) is 0. The van der Waals surface area contributed by atoms with E-state index in [9.17, 15) is 10.1 Å². The number of amides is 1. The van der Waals surface area contributed by atoms with E-state index in [2.05, 4.69) is 16.5 Å². The van der Waals surface area contributed by atoms with Gasteiger partial charge in [0.2, 0.25) is 0 Å². The van der Waals surface area contributed by atoms with Gasteiger partial charge in [0.25, 0.3) is 5.91 Å². The number of halogens is 1. The third kappa shape index (κ3) is 2.71. The lowest BCUT2D eigenvalue weighted by atomic mass is 9.95. The highest BCUT2D eigenvalue weighted by Gasteiger charge is 2.46.